The first-order chi connectivity index (χ1) is 15.6. The van der Waals surface area contributed by atoms with Crippen LogP contribution in [-0.2, 0) is 16.0 Å². The summed E-state index contributed by atoms with van der Waals surface area (Å²) < 4.78 is 5.69. The summed E-state index contributed by atoms with van der Waals surface area (Å²) in [5, 5.41) is 1.47. The summed E-state index contributed by atoms with van der Waals surface area (Å²) in [7, 11) is 0. The smallest absolute Gasteiger partial charge is 0.344 e. The van der Waals surface area contributed by atoms with E-state index in [1.54, 1.807) is 12.1 Å². The summed E-state index contributed by atoms with van der Waals surface area (Å²) in [6, 6.07) is 22.1. The van der Waals surface area contributed by atoms with Gasteiger partial charge in [0.2, 0.25) is 0 Å². The van der Waals surface area contributed by atoms with Crippen molar-refractivity contribution in [2.24, 2.45) is 0 Å². The van der Waals surface area contributed by atoms with Gasteiger partial charge in [0.15, 0.2) is 0 Å². The average Bonchev–Trinajstić information content (AvgIpc) is 3.14. The predicted octanol–water partition coefficient (Wildman–Crippen LogP) is 4.07. The summed E-state index contributed by atoms with van der Waals surface area (Å²) in [4.78, 5) is 42.3. The van der Waals surface area contributed by atoms with Crippen LogP contribution >= 0.6 is 0 Å². The molecule has 4 aromatic rings. The molecule has 2 amide bonds. The molecule has 156 valence electrons. The first kappa shape index (κ1) is 19.6. The largest absolute Gasteiger partial charge is 0.423 e. The van der Waals surface area contributed by atoms with E-state index in [9.17, 15) is 14.4 Å². The van der Waals surface area contributed by atoms with Gasteiger partial charge in [0, 0.05) is 29.5 Å². The van der Waals surface area contributed by atoms with Crippen LogP contribution in [0.4, 0.5) is 0 Å². The maximum atomic E-state index is 13.2. The highest BCUT2D eigenvalue weighted by atomic mass is 16.5. The van der Waals surface area contributed by atoms with Crippen LogP contribution in [0.15, 0.2) is 84.9 Å². The SMILES string of the molecule is O=C(Oc1ccc(CCN2C(=O)C=CC2=O)cc1)c1c2ccccc2nc2ccccc12. The minimum absolute atomic E-state index is 0.294. The second-order valence-electron chi connectivity index (χ2n) is 7.47. The van der Waals surface area contributed by atoms with E-state index in [0.29, 0.717) is 24.3 Å². The maximum absolute atomic E-state index is 13.2. The van der Waals surface area contributed by atoms with Gasteiger partial charge in [-0.1, -0.05) is 48.5 Å². The number of nitrogens with zero attached hydrogens (tertiary/aromatic N) is 2. The third-order valence-electron chi connectivity index (χ3n) is 5.45. The van der Waals surface area contributed by atoms with E-state index in [2.05, 4.69) is 4.98 Å². The zero-order valence-corrected chi connectivity index (χ0v) is 17.0. The molecule has 6 nitrogen and oxygen atoms in total. The summed E-state index contributed by atoms with van der Waals surface area (Å²) >= 11 is 0. The number of imide groups is 1. The molecule has 0 spiro atoms. The standard InChI is InChI=1S/C26H18N2O4/c29-23-13-14-24(30)28(23)16-15-17-9-11-18(12-10-17)32-26(31)25-19-5-1-3-7-21(19)27-22-8-4-2-6-20(22)25/h1-14H,15-16H2. The van der Waals surface area contributed by atoms with Gasteiger partial charge in [-0.3, -0.25) is 14.5 Å². The van der Waals surface area contributed by atoms with E-state index in [0.717, 1.165) is 27.4 Å². The molecule has 0 unspecified atom stereocenters. The Balaban J connectivity index is 1.37. The number of hydrogen-bond acceptors (Lipinski definition) is 5. The minimum Gasteiger partial charge on any atom is -0.423 e. The summed E-state index contributed by atoms with van der Waals surface area (Å²) in [5.74, 6) is -0.625. The van der Waals surface area contributed by atoms with Gasteiger partial charge < -0.3 is 4.74 Å². The van der Waals surface area contributed by atoms with Gasteiger partial charge in [0.1, 0.15) is 5.75 Å². The Labute approximate surface area is 183 Å². The van der Waals surface area contributed by atoms with Gasteiger partial charge in [-0.2, -0.15) is 0 Å². The van der Waals surface area contributed by atoms with Crippen LogP contribution < -0.4 is 4.74 Å². The van der Waals surface area contributed by atoms with Crippen LogP contribution in [0.1, 0.15) is 15.9 Å². The number of amides is 2. The number of hydrogen-bond donors (Lipinski definition) is 0. The minimum atomic E-state index is -0.452. The quantitative estimate of drug-likeness (QED) is 0.210. The van der Waals surface area contributed by atoms with Crippen molar-refractivity contribution in [2.45, 2.75) is 6.42 Å². The van der Waals surface area contributed by atoms with Gasteiger partial charge in [0.05, 0.1) is 16.6 Å². The number of ether oxygens (including phenoxy) is 1. The molecule has 0 atom stereocenters. The Morgan fingerprint density at radius 2 is 1.34 bits per heavy atom. The lowest BCUT2D eigenvalue weighted by molar-refractivity contribution is -0.136. The van der Waals surface area contributed by atoms with E-state index >= 15 is 0 Å². The molecule has 6 heteroatoms. The van der Waals surface area contributed by atoms with Crippen LogP contribution in [0.5, 0.6) is 5.75 Å². The van der Waals surface area contributed by atoms with Crippen molar-refractivity contribution in [3.63, 3.8) is 0 Å². The van der Waals surface area contributed by atoms with E-state index < -0.39 is 5.97 Å². The van der Waals surface area contributed by atoms with Crippen molar-refractivity contribution in [3.8, 4) is 5.75 Å². The molecular formula is C26H18N2O4. The van der Waals surface area contributed by atoms with Crippen molar-refractivity contribution in [1.29, 1.82) is 0 Å². The fraction of sp³-hybridized carbons (Fsp3) is 0.0769. The molecule has 1 aliphatic rings. The number of carbonyl (C=O) groups is 3. The predicted molar refractivity (Wildman–Crippen MR) is 120 cm³/mol. The number of fused-ring (bicyclic) bond motifs is 2. The van der Waals surface area contributed by atoms with Crippen LogP contribution in [0.3, 0.4) is 0 Å². The zero-order chi connectivity index (χ0) is 22.1. The van der Waals surface area contributed by atoms with E-state index in [4.69, 9.17) is 4.74 Å². The molecule has 32 heavy (non-hydrogen) atoms. The molecule has 0 N–H and O–H groups in total. The molecule has 1 aliphatic heterocycles. The summed E-state index contributed by atoms with van der Waals surface area (Å²) in [6.07, 6.45) is 3.07. The second-order valence-corrected chi connectivity index (χ2v) is 7.47. The Hall–Kier alpha value is -4.32. The molecule has 1 aromatic heterocycles. The van der Waals surface area contributed by atoms with Crippen molar-refractivity contribution >= 4 is 39.6 Å². The summed E-state index contributed by atoms with van der Waals surface area (Å²) in [6.45, 7) is 0.304. The van der Waals surface area contributed by atoms with E-state index in [1.807, 2.05) is 60.7 Å². The fourth-order valence-electron chi connectivity index (χ4n) is 3.83. The van der Waals surface area contributed by atoms with Crippen molar-refractivity contribution < 1.29 is 19.1 Å². The van der Waals surface area contributed by atoms with Gasteiger partial charge in [0.25, 0.3) is 11.8 Å². The number of pyridine rings is 1. The Kier molecular flexibility index (Phi) is 4.95. The molecular weight excluding hydrogens is 404 g/mol. The molecule has 0 aliphatic carbocycles. The van der Waals surface area contributed by atoms with Crippen molar-refractivity contribution in [3.05, 3.63) is 96.1 Å². The molecule has 0 saturated heterocycles. The number of aromatic nitrogens is 1. The number of benzene rings is 3. The number of para-hydroxylation sites is 2. The number of carbonyl (C=O) groups excluding carboxylic acids is 3. The van der Waals surface area contributed by atoms with Crippen molar-refractivity contribution in [1.82, 2.24) is 9.88 Å². The maximum Gasteiger partial charge on any atom is 0.344 e. The summed E-state index contributed by atoms with van der Waals surface area (Å²) in [5.41, 5.74) is 2.87. The Bertz CT molecular complexity index is 1330. The molecule has 0 fully saturated rings. The van der Waals surface area contributed by atoms with Gasteiger partial charge in [-0.15, -0.1) is 0 Å². The molecule has 0 bridgehead atoms. The number of rotatable bonds is 5. The lowest BCUT2D eigenvalue weighted by Gasteiger charge is -2.14. The highest BCUT2D eigenvalue weighted by Gasteiger charge is 2.22. The van der Waals surface area contributed by atoms with E-state index in [1.165, 1.54) is 17.1 Å². The first-order valence-corrected chi connectivity index (χ1v) is 10.2. The second kappa shape index (κ2) is 8.07. The van der Waals surface area contributed by atoms with E-state index in [-0.39, 0.29) is 11.8 Å². The topological polar surface area (TPSA) is 76.6 Å². The lowest BCUT2D eigenvalue weighted by Crippen LogP contribution is -2.31. The Morgan fingerprint density at radius 3 is 1.94 bits per heavy atom. The Morgan fingerprint density at radius 1 is 0.781 bits per heavy atom. The lowest BCUT2D eigenvalue weighted by atomic mass is 10.0. The molecule has 2 heterocycles. The van der Waals surface area contributed by atoms with Crippen molar-refractivity contribution in [2.75, 3.05) is 6.54 Å². The van der Waals surface area contributed by atoms with Crippen LogP contribution in [0.25, 0.3) is 21.8 Å². The molecule has 3 aromatic carbocycles. The van der Waals surface area contributed by atoms with Crippen LogP contribution in [0, 0.1) is 0 Å². The monoisotopic (exact) mass is 422 g/mol. The third-order valence-corrected chi connectivity index (χ3v) is 5.45. The van der Waals surface area contributed by atoms with Gasteiger partial charge >= 0.3 is 5.97 Å². The zero-order valence-electron chi connectivity index (χ0n) is 17.0. The van der Waals surface area contributed by atoms with Gasteiger partial charge in [-0.25, -0.2) is 9.78 Å². The third kappa shape index (κ3) is 3.63. The normalized spacial score (nSPS) is 13.3. The first-order valence-electron chi connectivity index (χ1n) is 10.2. The molecule has 0 radical (unpaired) electrons. The fourth-order valence-corrected chi connectivity index (χ4v) is 3.83. The van der Waals surface area contributed by atoms with Crippen LogP contribution in [-0.4, -0.2) is 34.2 Å². The van der Waals surface area contributed by atoms with Gasteiger partial charge in [-0.05, 0) is 36.2 Å². The van der Waals surface area contributed by atoms with Crippen LogP contribution in [0.2, 0.25) is 0 Å². The molecule has 0 saturated carbocycles. The average molecular weight is 422 g/mol. The molecule has 5 rings (SSSR count). The number of esters is 1. The highest BCUT2D eigenvalue weighted by Crippen LogP contribution is 2.27. The highest BCUT2D eigenvalue weighted by molar-refractivity contribution is 6.15.